The number of nitrogens with two attached hydrogens (primary N) is 1. The van der Waals surface area contributed by atoms with Gasteiger partial charge in [0, 0.05) is 13.1 Å². The third-order valence-electron chi connectivity index (χ3n) is 5.00. The molecule has 0 spiro atoms. The van der Waals surface area contributed by atoms with Crippen molar-refractivity contribution < 1.29 is 9.90 Å². The number of aliphatic hydroxyl groups is 1. The van der Waals surface area contributed by atoms with E-state index in [2.05, 4.69) is 12.2 Å². The van der Waals surface area contributed by atoms with E-state index in [0.29, 0.717) is 31.8 Å². The lowest BCUT2D eigenvalue weighted by atomic mass is 9.70. The van der Waals surface area contributed by atoms with Gasteiger partial charge >= 0.3 is 0 Å². The molecule has 0 saturated heterocycles. The topological polar surface area (TPSA) is 75.3 Å². The van der Waals surface area contributed by atoms with Crippen LogP contribution in [-0.4, -0.2) is 29.7 Å². The lowest BCUT2D eigenvalue weighted by Crippen LogP contribution is -2.51. The van der Waals surface area contributed by atoms with Crippen LogP contribution < -0.4 is 11.1 Å². The molecule has 1 aliphatic rings. The van der Waals surface area contributed by atoms with Crippen molar-refractivity contribution in [1.82, 2.24) is 5.32 Å². The van der Waals surface area contributed by atoms with Crippen LogP contribution in [0.25, 0.3) is 0 Å². The van der Waals surface area contributed by atoms with E-state index in [9.17, 15) is 9.90 Å². The largest absolute Gasteiger partial charge is 0.388 e. The van der Waals surface area contributed by atoms with E-state index in [-0.39, 0.29) is 5.91 Å². The van der Waals surface area contributed by atoms with Crippen molar-refractivity contribution in [2.24, 2.45) is 17.1 Å². The van der Waals surface area contributed by atoms with Crippen LogP contribution in [0.2, 0.25) is 0 Å². The third-order valence-corrected chi connectivity index (χ3v) is 5.00. The first-order valence-electron chi connectivity index (χ1n) is 7.62. The first-order chi connectivity index (χ1) is 8.91. The maximum atomic E-state index is 12.4. The molecule has 0 aromatic rings. The predicted octanol–water partition coefficient (Wildman–Crippen LogP) is 1.81. The molecule has 0 unspecified atom stereocenters. The molecule has 1 fully saturated rings. The number of carbonyl (C=O) groups excluding carboxylic acids is 1. The molecule has 1 saturated carbocycles. The normalized spacial score (nSPS) is 28.2. The lowest BCUT2D eigenvalue weighted by Gasteiger charge is -2.38. The summed E-state index contributed by atoms with van der Waals surface area (Å²) in [6.45, 7) is 6.84. The third kappa shape index (κ3) is 3.93. The number of amides is 1. The van der Waals surface area contributed by atoms with Crippen LogP contribution in [0.1, 0.15) is 59.3 Å². The molecule has 0 aromatic heterocycles. The maximum Gasteiger partial charge on any atom is 0.227 e. The van der Waals surface area contributed by atoms with Crippen LogP contribution in [0.3, 0.4) is 0 Å². The van der Waals surface area contributed by atoms with Crippen molar-refractivity contribution >= 4 is 5.91 Å². The number of nitrogens with one attached hydrogen (secondary N) is 1. The molecule has 0 aliphatic heterocycles. The second-order valence-corrected chi connectivity index (χ2v) is 6.28. The molecule has 1 aliphatic carbocycles. The van der Waals surface area contributed by atoms with Crippen molar-refractivity contribution in [3.05, 3.63) is 0 Å². The fourth-order valence-electron chi connectivity index (χ4n) is 2.77. The molecule has 0 heterocycles. The Kier molecular flexibility index (Phi) is 5.81. The van der Waals surface area contributed by atoms with E-state index >= 15 is 0 Å². The molecule has 4 heteroatoms. The molecular formula is C15H30N2O2. The Labute approximate surface area is 117 Å². The summed E-state index contributed by atoms with van der Waals surface area (Å²) >= 11 is 0. The Hall–Kier alpha value is -0.610. The van der Waals surface area contributed by atoms with Gasteiger partial charge in [0.25, 0.3) is 0 Å². The van der Waals surface area contributed by atoms with Gasteiger partial charge in [0.15, 0.2) is 0 Å². The van der Waals surface area contributed by atoms with Crippen molar-refractivity contribution in [3.63, 3.8) is 0 Å². The summed E-state index contributed by atoms with van der Waals surface area (Å²) in [5.74, 6) is 0.720. The fourth-order valence-corrected chi connectivity index (χ4v) is 2.77. The number of hydrogen-bond acceptors (Lipinski definition) is 3. The van der Waals surface area contributed by atoms with E-state index in [1.165, 1.54) is 0 Å². The molecule has 0 atom stereocenters. The first-order valence-corrected chi connectivity index (χ1v) is 7.62. The summed E-state index contributed by atoms with van der Waals surface area (Å²) < 4.78 is 0. The first kappa shape index (κ1) is 16.4. The van der Waals surface area contributed by atoms with E-state index in [1.54, 1.807) is 0 Å². The summed E-state index contributed by atoms with van der Waals surface area (Å²) in [6, 6.07) is 0. The van der Waals surface area contributed by atoms with Crippen molar-refractivity contribution in [1.29, 1.82) is 0 Å². The molecule has 0 bridgehead atoms. The van der Waals surface area contributed by atoms with Gasteiger partial charge in [-0.3, -0.25) is 4.79 Å². The van der Waals surface area contributed by atoms with Gasteiger partial charge in [-0.05, 0) is 44.4 Å². The van der Waals surface area contributed by atoms with Gasteiger partial charge in [0.1, 0.15) is 0 Å². The van der Waals surface area contributed by atoms with E-state index in [0.717, 1.165) is 25.7 Å². The van der Waals surface area contributed by atoms with Crippen LogP contribution in [0.5, 0.6) is 0 Å². The highest BCUT2D eigenvalue weighted by atomic mass is 16.3. The van der Waals surface area contributed by atoms with Gasteiger partial charge in [-0.2, -0.15) is 0 Å². The van der Waals surface area contributed by atoms with Gasteiger partial charge in [-0.15, -0.1) is 0 Å². The molecule has 1 amide bonds. The minimum Gasteiger partial charge on any atom is -0.388 e. The summed E-state index contributed by atoms with van der Waals surface area (Å²) in [6.07, 6.45) is 5.17. The lowest BCUT2D eigenvalue weighted by molar-refractivity contribution is -0.134. The van der Waals surface area contributed by atoms with E-state index in [4.69, 9.17) is 5.73 Å². The minimum absolute atomic E-state index is 0.0298. The highest BCUT2D eigenvalue weighted by Crippen LogP contribution is 2.38. The van der Waals surface area contributed by atoms with Gasteiger partial charge in [0.05, 0.1) is 11.0 Å². The second-order valence-electron chi connectivity index (χ2n) is 6.28. The van der Waals surface area contributed by atoms with Crippen LogP contribution in [0.4, 0.5) is 0 Å². The van der Waals surface area contributed by atoms with Crippen LogP contribution in [-0.2, 0) is 4.79 Å². The molecule has 112 valence electrons. The molecule has 4 N–H and O–H groups in total. The Balaban J connectivity index is 2.60. The fraction of sp³-hybridized carbons (Fsp3) is 0.933. The smallest absolute Gasteiger partial charge is 0.227 e. The summed E-state index contributed by atoms with van der Waals surface area (Å²) in [5, 5.41) is 13.2. The standard InChI is InChI=1S/C15H30N2O2/c1-4-15(19,5-2)11-17-13(18)14(10-16)8-6-12(3)7-9-14/h12,19H,4-11,16H2,1-3H3,(H,17,18). The number of rotatable bonds is 6. The zero-order valence-corrected chi connectivity index (χ0v) is 12.7. The molecule has 1 rings (SSSR count). The van der Waals surface area contributed by atoms with Crippen molar-refractivity contribution in [2.45, 2.75) is 64.9 Å². The second kappa shape index (κ2) is 6.71. The Morgan fingerprint density at radius 1 is 1.37 bits per heavy atom. The SMILES string of the molecule is CCC(O)(CC)CNC(=O)C1(CN)CCC(C)CC1. The summed E-state index contributed by atoms with van der Waals surface area (Å²) in [4.78, 5) is 12.4. The van der Waals surface area contributed by atoms with Crippen LogP contribution >= 0.6 is 0 Å². The van der Waals surface area contributed by atoms with Gasteiger partial charge < -0.3 is 16.2 Å². The average Bonchev–Trinajstić information content (AvgIpc) is 2.45. The predicted molar refractivity (Wildman–Crippen MR) is 77.7 cm³/mol. The number of carbonyl (C=O) groups is 1. The molecule has 0 aromatic carbocycles. The Morgan fingerprint density at radius 2 is 1.89 bits per heavy atom. The van der Waals surface area contributed by atoms with Crippen molar-refractivity contribution in [2.75, 3.05) is 13.1 Å². The maximum absolute atomic E-state index is 12.4. The minimum atomic E-state index is -0.784. The van der Waals surface area contributed by atoms with Crippen LogP contribution in [0.15, 0.2) is 0 Å². The molecular weight excluding hydrogens is 240 g/mol. The van der Waals surface area contributed by atoms with E-state index in [1.807, 2.05) is 13.8 Å². The quantitative estimate of drug-likeness (QED) is 0.689. The van der Waals surface area contributed by atoms with Gasteiger partial charge in [-0.1, -0.05) is 20.8 Å². The highest BCUT2D eigenvalue weighted by molar-refractivity contribution is 5.83. The van der Waals surface area contributed by atoms with Crippen molar-refractivity contribution in [3.8, 4) is 0 Å². The van der Waals surface area contributed by atoms with E-state index < -0.39 is 11.0 Å². The van der Waals surface area contributed by atoms with Gasteiger partial charge in [-0.25, -0.2) is 0 Å². The monoisotopic (exact) mass is 270 g/mol. The summed E-state index contributed by atoms with van der Waals surface area (Å²) in [5.41, 5.74) is 4.67. The van der Waals surface area contributed by atoms with Crippen LogP contribution in [0, 0.1) is 11.3 Å². The highest BCUT2D eigenvalue weighted by Gasteiger charge is 2.40. The molecule has 4 nitrogen and oxygen atoms in total. The zero-order chi connectivity index (χ0) is 14.5. The molecule has 0 radical (unpaired) electrons. The number of hydrogen-bond donors (Lipinski definition) is 3. The zero-order valence-electron chi connectivity index (χ0n) is 12.7. The summed E-state index contributed by atoms with van der Waals surface area (Å²) in [7, 11) is 0. The molecule has 19 heavy (non-hydrogen) atoms. The Morgan fingerprint density at radius 3 is 2.32 bits per heavy atom. The van der Waals surface area contributed by atoms with Gasteiger partial charge in [0.2, 0.25) is 5.91 Å². The Bertz CT molecular complexity index is 293. The average molecular weight is 270 g/mol.